The van der Waals surface area contributed by atoms with Gasteiger partial charge in [0.15, 0.2) is 0 Å². The van der Waals surface area contributed by atoms with Crippen LogP contribution in [0.15, 0.2) is 54.6 Å². The molecule has 2 N–H and O–H groups in total. The SMILES string of the molecule is COc1ccc(CC(C)(C)NCC(O)COc2ccccc2)cc1.Cl. The molecule has 0 spiro atoms. The first kappa shape index (κ1) is 21.3. The van der Waals surface area contributed by atoms with E-state index in [-0.39, 0.29) is 24.6 Å². The van der Waals surface area contributed by atoms with Crippen LogP contribution in [-0.4, -0.2) is 37.0 Å². The Morgan fingerprint density at radius 3 is 2.24 bits per heavy atom. The molecule has 0 aromatic heterocycles. The highest BCUT2D eigenvalue weighted by molar-refractivity contribution is 5.85. The van der Waals surface area contributed by atoms with E-state index >= 15 is 0 Å². The van der Waals surface area contributed by atoms with Crippen molar-refractivity contribution in [3.05, 3.63) is 60.2 Å². The molecule has 0 fully saturated rings. The fourth-order valence-electron chi connectivity index (χ4n) is 2.48. The Labute approximate surface area is 156 Å². The Hall–Kier alpha value is -1.75. The number of halogens is 1. The number of hydrogen-bond acceptors (Lipinski definition) is 4. The first-order chi connectivity index (χ1) is 11.5. The summed E-state index contributed by atoms with van der Waals surface area (Å²) in [7, 11) is 1.67. The lowest BCUT2D eigenvalue weighted by Gasteiger charge is -2.28. The maximum atomic E-state index is 10.1. The monoisotopic (exact) mass is 365 g/mol. The van der Waals surface area contributed by atoms with Crippen LogP contribution in [0.25, 0.3) is 0 Å². The number of methoxy groups -OCH3 is 1. The molecule has 1 unspecified atom stereocenters. The highest BCUT2D eigenvalue weighted by atomic mass is 35.5. The van der Waals surface area contributed by atoms with Crippen LogP contribution in [0.4, 0.5) is 0 Å². The normalized spacial score (nSPS) is 12.2. The van der Waals surface area contributed by atoms with Crippen molar-refractivity contribution in [2.45, 2.75) is 31.9 Å². The van der Waals surface area contributed by atoms with Crippen molar-refractivity contribution in [2.24, 2.45) is 0 Å². The predicted molar refractivity (Wildman–Crippen MR) is 104 cm³/mol. The summed E-state index contributed by atoms with van der Waals surface area (Å²) >= 11 is 0. The van der Waals surface area contributed by atoms with Crippen LogP contribution in [0.5, 0.6) is 11.5 Å². The summed E-state index contributed by atoms with van der Waals surface area (Å²) in [5, 5.41) is 13.5. The van der Waals surface area contributed by atoms with E-state index in [2.05, 4.69) is 31.3 Å². The zero-order valence-corrected chi connectivity index (χ0v) is 15.9. The summed E-state index contributed by atoms with van der Waals surface area (Å²) in [4.78, 5) is 0. The number of β-amino-alcohol motifs (C(OH)–C–C–N with tert-alkyl or cyclic N) is 1. The second-order valence-corrected chi connectivity index (χ2v) is 6.57. The molecule has 0 radical (unpaired) electrons. The lowest BCUT2D eigenvalue weighted by Crippen LogP contribution is -2.46. The number of ether oxygens (including phenoxy) is 2. The molecule has 0 bridgehead atoms. The van der Waals surface area contributed by atoms with Gasteiger partial charge in [0, 0.05) is 12.1 Å². The second kappa shape index (κ2) is 10.3. The van der Waals surface area contributed by atoms with Gasteiger partial charge in [-0.1, -0.05) is 30.3 Å². The third-order valence-electron chi connectivity index (χ3n) is 3.81. The van der Waals surface area contributed by atoms with E-state index in [4.69, 9.17) is 9.47 Å². The minimum absolute atomic E-state index is 0. The molecule has 25 heavy (non-hydrogen) atoms. The molecule has 0 amide bonds. The number of aliphatic hydroxyl groups excluding tert-OH is 1. The zero-order chi connectivity index (χ0) is 17.4. The minimum Gasteiger partial charge on any atom is -0.497 e. The Balaban J connectivity index is 0.00000312. The molecule has 2 aromatic carbocycles. The van der Waals surface area contributed by atoms with Crippen LogP contribution >= 0.6 is 12.4 Å². The highest BCUT2D eigenvalue weighted by Gasteiger charge is 2.19. The average molecular weight is 366 g/mol. The van der Waals surface area contributed by atoms with E-state index in [9.17, 15) is 5.11 Å². The van der Waals surface area contributed by atoms with Crippen molar-refractivity contribution in [3.63, 3.8) is 0 Å². The fraction of sp³-hybridized carbons (Fsp3) is 0.400. The molecule has 5 heteroatoms. The van der Waals surface area contributed by atoms with Crippen LogP contribution < -0.4 is 14.8 Å². The fourth-order valence-corrected chi connectivity index (χ4v) is 2.48. The van der Waals surface area contributed by atoms with Crippen LogP contribution in [0.3, 0.4) is 0 Å². The van der Waals surface area contributed by atoms with E-state index in [1.54, 1.807) is 7.11 Å². The molecule has 0 saturated carbocycles. The third-order valence-corrected chi connectivity index (χ3v) is 3.81. The van der Waals surface area contributed by atoms with Crippen molar-refractivity contribution in [2.75, 3.05) is 20.3 Å². The number of para-hydroxylation sites is 1. The van der Waals surface area contributed by atoms with Crippen LogP contribution in [0.1, 0.15) is 19.4 Å². The molecular formula is C20H28ClNO3. The van der Waals surface area contributed by atoms with Crippen molar-refractivity contribution >= 4 is 12.4 Å². The summed E-state index contributed by atoms with van der Waals surface area (Å²) in [5.41, 5.74) is 1.10. The van der Waals surface area contributed by atoms with Gasteiger partial charge < -0.3 is 19.9 Å². The lowest BCUT2D eigenvalue weighted by molar-refractivity contribution is 0.0988. The van der Waals surface area contributed by atoms with E-state index in [1.807, 2.05) is 42.5 Å². The van der Waals surface area contributed by atoms with Crippen molar-refractivity contribution in [1.29, 1.82) is 0 Å². The molecule has 138 valence electrons. The molecule has 0 heterocycles. The summed E-state index contributed by atoms with van der Waals surface area (Å²) in [5.74, 6) is 1.63. The van der Waals surface area contributed by atoms with Gasteiger partial charge in [0.05, 0.1) is 7.11 Å². The summed E-state index contributed by atoms with van der Waals surface area (Å²) < 4.78 is 10.8. The van der Waals surface area contributed by atoms with Gasteiger partial charge in [-0.2, -0.15) is 0 Å². The van der Waals surface area contributed by atoms with Gasteiger partial charge in [-0.15, -0.1) is 12.4 Å². The summed E-state index contributed by atoms with van der Waals surface area (Å²) in [6, 6.07) is 17.6. The summed E-state index contributed by atoms with van der Waals surface area (Å²) in [6.07, 6.45) is 0.309. The molecule has 0 aliphatic rings. The molecule has 0 saturated heterocycles. The maximum Gasteiger partial charge on any atom is 0.119 e. The number of aliphatic hydroxyl groups is 1. The first-order valence-corrected chi connectivity index (χ1v) is 8.22. The van der Waals surface area contributed by atoms with Crippen molar-refractivity contribution < 1.29 is 14.6 Å². The van der Waals surface area contributed by atoms with Crippen LogP contribution in [0.2, 0.25) is 0 Å². The predicted octanol–water partition coefficient (Wildman–Crippen LogP) is 3.47. The molecule has 1 atom stereocenters. The number of rotatable bonds is 9. The Morgan fingerprint density at radius 1 is 1.00 bits per heavy atom. The third kappa shape index (κ3) is 7.78. The minimum atomic E-state index is -0.555. The standard InChI is InChI=1S/C20H27NO3.ClH/c1-20(2,13-16-9-11-18(23-3)12-10-16)21-14-17(22)15-24-19-7-5-4-6-8-19;/h4-12,17,21-22H,13-15H2,1-3H3;1H. The lowest BCUT2D eigenvalue weighted by atomic mass is 9.94. The molecule has 0 aliphatic heterocycles. The van der Waals surface area contributed by atoms with Gasteiger partial charge in [0.1, 0.15) is 24.2 Å². The van der Waals surface area contributed by atoms with Gasteiger partial charge in [-0.05, 0) is 50.1 Å². The Kier molecular flexibility index (Phi) is 8.76. The zero-order valence-electron chi connectivity index (χ0n) is 15.1. The second-order valence-electron chi connectivity index (χ2n) is 6.57. The van der Waals surface area contributed by atoms with Crippen LogP contribution in [0, 0.1) is 0 Å². The quantitative estimate of drug-likeness (QED) is 0.714. The first-order valence-electron chi connectivity index (χ1n) is 8.22. The van der Waals surface area contributed by atoms with Gasteiger partial charge in [0.2, 0.25) is 0 Å². The molecule has 0 aliphatic carbocycles. The van der Waals surface area contributed by atoms with Crippen LogP contribution in [-0.2, 0) is 6.42 Å². The van der Waals surface area contributed by atoms with E-state index < -0.39 is 6.10 Å². The molecule has 2 rings (SSSR count). The van der Waals surface area contributed by atoms with Crippen molar-refractivity contribution in [1.82, 2.24) is 5.32 Å². The molecule has 2 aromatic rings. The van der Waals surface area contributed by atoms with Gasteiger partial charge in [0.25, 0.3) is 0 Å². The van der Waals surface area contributed by atoms with E-state index in [0.29, 0.717) is 6.54 Å². The molecular weight excluding hydrogens is 338 g/mol. The van der Waals surface area contributed by atoms with E-state index in [0.717, 1.165) is 17.9 Å². The van der Waals surface area contributed by atoms with Crippen molar-refractivity contribution in [3.8, 4) is 11.5 Å². The average Bonchev–Trinajstić information content (AvgIpc) is 2.59. The smallest absolute Gasteiger partial charge is 0.119 e. The summed E-state index contributed by atoms with van der Waals surface area (Å²) in [6.45, 7) is 5.01. The molecule has 4 nitrogen and oxygen atoms in total. The van der Waals surface area contributed by atoms with Gasteiger partial charge >= 0.3 is 0 Å². The largest absolute Gasteiger partial charge is 0.497 e. The van der Waals surface area contributed by atoms with E-state index in [1.165, 1.54) is 5.56 Å². The topological polar surface area (TPSA) is 50.7 Å². The maximum absolute atomic E-state index is 10.1. The van der Waals surface area contributed by atoms with Gasteiger partial charge in [-0.3, -0.25) is 0 Å². The number of benzene rings is 2. The number of hydrogen-bond donors (Lipinski definition) is 2. The van der Waals surface area contributed by atoms with Gasteiger partial charge in [-0.25, -0.2) is 0 Å². The number of nitrogens with one attached hydrogen (secondary N) is 1. The Morgan fingerprint density at radius 2 is 1.64 bits per heavy atom. The highest BCUT2D eigenvalue weighted by Crippen LogP contribution is 2.17. The Bertz CT molecular complexity index is 602.